The normalized spacial score (nSPS) is 26.6. The van der Waals surface area contributed by atoms with Crippen LogP contribution in [0.4, 0.5) is 0 Å². The summed E-state index contributed by atoms with van der Waals surface area (Å²) in [4.78, 5) is 0. The Morgan fingerprint density at radius 2 is 1.90 bits per heavy atom. The molecule has 0 amide bonds. The zero-order chi connectivity index (χ0) is 14.4. The van der Waals surface area contributed by atoms with Crippen molar-refractivity contribution in [2.45, 2.75) is 46.0 Å². The Labute approximate surface area is 132 Å². The molecular weight excluding hydrogens is 310 g/mol. The first-order valence-corrected chi connectivity index (χ1v) is 8.93. The van der Waals surface area contributed by atoms with Gasteiger partial charge in [0.1, 0.15) is 0 Å². The summed E-state index contributed by atoms with van der Waals surface area (Å²) in [6.45, 7) is 7.04. The highest BCUT2D eigenvalue weighted by Gasteiger charge is 2.28. The number of nitrogens with one attached hydrogen (secondary N) is 1. The summed E-state index contributed by atoms with van der Waals surface area (Å²) in [6.07, 6.45) is 6.69. The number of rotatable bonds is 6. The van der Waals surface area contributed by atoms with E-state index in [4.69, 9.17) is 0 Å². The predicted octanol–water partition coefficient (Wildman–Crippen LogP) is 5.04. The van der Waals surface area contributed by atoms with Gasteiger partial charge in [0, 0.05) is 4.47 Å². The summed E-state index contributed by atoms with van der Waals surface area (Å²) in [5.41, 5.74) is 1.49. The molecule has 0 saturated heterocycles. The van der Waals surface area contributed by atoms with E-state index in [0.717, 1.165) is 24.3 Å². The maximum Gasteiger partial charge on any atom is 0.0175 e. The van der Waals surface area contributed by atoms with E-state index in [1.807, 2.05) is 0 Å². The van der Waals surface area contributed by atoms with Crippen LogP contribution in [-0.4, -0.2) is 13.1 Å². The van der Waals surface area contributed by atoms with Crippen LogP contribution in [0.15, 0.2) is 28.7 Å². The third kappa shape index (κ3) is 4.89. The fraction of sp³-hybridized carbons (Fsp3) is 0.667. The van der Waals surface area contributed by atoms with Gasteiger partial charge in [0.15, 0.2) is 0 Å². The van der Waals surface area contributed by atoms with E-state index in [1.54, 1.807) is 0 Å². The van der Waals surface area contributed by atoms with Crippen LogP contribution in [0.3, 0.4) is 0 Å². The molecule has 1 fully saturated rings. The van der Waals surface area contributed by atoms with E-state index < -0.39 is 0 Å². The number of benzene rings is 1. The van der Waals surface area contributed by atoms with Gasteiger partial charge < -0.3 is 5.32 Å². The second-order valence-corrected chi connectivity index (χ2v) is 7.39. The predicted molar refractivity (Wildman–Crippen MR) is 91.0 cm³/mol. The van der Waals surface area contributed by atoms with E-state index in [2.05, 4.69) is 59.4 Å². The Balaban J connectivity index is 1.94. The van der Waals surface area contributed by atoms with Crippen LogP contribution >= 0.6 is 15.9 Å². The second-order valence-electron chi connectivity index (χ2n) is 6.47. The molecule has 1 aliphatic carbocycles. The van der Waals surface area contributed by atoms with Gasteiger partial charge in [-0.25, -0.2) is 0 Å². The van der Waals surface area contributed by atoms with Gasteiger partial charge in [0.25, 0.3) is 0 Å². The first kappa shape index (κ1) is 16.0. The van der Waals surface area contributed by atoms with Gasteiger partial charge in [-0.2, -0.15) is 0 Å². The van der Waals surface area contributed by atoms with Gasteiger partial charge in [0.2, 0.25) is 0 Å². The molecule has 3 atom stereocenters. The van der Waals surface area contributed by atoms with Crippen LogP contribution in [0, 0.1) is 17.8 Å². The molecule has 1 aromatic carbocycles. The fourth-order valence-electron chi connectivity index (χ4n) is 3.47. The second kappa shape index (κ2) is 8.19. The molecule has 1 saturated carbocycles. The van der Waals surface area contributed by atoms with Crippen molar-refractivity contribution in [3.05, 3.63) is 34.3 Å². The van der Waals surface area contributed by atoms with Gasteiger partial charge in [-0.1, -0.05) is 48.3 Å². The largest absolute Gasteiger partial charge is 0.316 e. The average molecular weight is 338 g/mol. The minimum Gasteiger partial charge on any atom is -0.316 e. The molecule has 0 aromatic heterocycles. The zero-order valence-corrected chi connectivity index (χ0v) is 14.5. The molecule has 0 bridgehead atoms. The molecule has 1 aliphatic rings. The van der Waals surface area contributed by atoms with Crippen molar-refractivity contribution in [2.75, 3.05) is 13.1 Å². The summed E-state index contributed by atoms with van der Waals surface area (Å²) >= 11 is 3.52. The molecule has 3 unspecified atom stereocenters. The third-order valence-corrected chi connectivity index (χ3v) is 5.18. The molecule has 20 heavy (non-hydrogen) atoms. The molecule has 1 aromatic rings. The van der Waals surface area contributed by atoms with Crippen LogP contribution in [0.2, 0.25) is 0 Å². The minimum absolute atomic E-state index is 0.851. The molecule has 0 aliphatic heterocycles. The summed E-state index contributed by atoms with van der Waals surface area (Å²) in [6, 6.07) is 8.90. The summed E-state index contributed by atoms with van der Waals surface area (Å²) < 4.78 is 1.18. The highest BCUT2D eigenvalue weighted by molar-refractivity contribution is 9.10. The lowest BCUT2D eigenvalue weighted by atomic mass is 9.72. The lowest BCUT2D eigenvalue weighted by Crippen LogP contribution is -2.34. The molecule has 112 valence electrons. The highest BCUT2D eigenvalue weighted by atomic mass is 79.9. The van der Waals surface area contributed by atoms with Crippen LogP contribution in [0.1, 0.15) is 45.1 Å². The van der Waals surface area contributed by atoms with Crippen molar-refractivity contribution in [1.29, 1.82) is 0 Å². The SMILES string of the molecule is CCCNCC1CCC(C)CC1Cc1ccc(Br)cc1. The molecular formula is C18H28BrN. The summed E-state index contributed by atoms with van der Waals surface area (Å²) in [5.74, 6) is 2.61. The lowest BCUT2D eigenvalue weighted by Gasteiger charge is -2.35. The first-order valence-electron chi connectivity index (χ1n) is 8.14. The van der Waals surface area contributed by atoms with E-state index in [1.165, 1.54) is 48.7 Å². The number of hydrogen-bond acceptors (Lipinski definition) is 1. The first-order chi connectivity index (χ1) is 9.69. The molecule has 0 spiro atoms. The van der Waals surface area contributed by atoms with Gasteiger partial charge in [-0.15, -0.1) is 0 Å². The molecule has 1 nitrogen and oxygen atoms in total. The van der Waals surface area contributed by atoms with Crippen molar-refractivity contribution in [2.24, 2.45) is 17.8 Å². The van der Waals surface area contributed by atoms with E-state index in [9.17, 15) is 0 Å². The van der Waals surface area contributed by atoms with Crippen molar-refractivity contribution in [3.63, 3.8) is 0 Å². The molecule has 2 rings (SSSR count). The van der Waals surface area contributed by atoms with Crippen molar-refractivity contribution in [1.82, 2.24) is 5.32 Å². The van der Waals surface area contributed by atoms with Crippen LogP contribution in [0.25, 0.3) is 0 Å². The van der Waals surface area contributed by atoms with Crippen LogP contribution in [-0.2, 0) is 6.42 Å². The van der Waals surface area contributed by atoms with E-state index >= 15 is 0 Å². The van der Waals surface area contributed by atoms with Gasteiger partial charge in [-0.05, 0) is 74.2 Å². The monoisotopic (exact) mass is 337 g/mol. The quantitative estimate of drug-likeness (QED) is 0.716. The average Bonchev–Trinajstić information content (AvgIpc) is 2.44. The lowest BCUT2D eigenvalue weighted by molar-refractivity contribution is 0.184. The fourth-order valence-corrected chi connectivity index (χ4v) is 3.73. The minimum atomic E-state index is 0.851. The zero-order valence-electron chi connectivity index (χ0n) is 12.9. The van der Waals surface area contributed by atoms with Crippen molar-refractivity contribution >= 4 is 15.9 Å². The summed E-state index contributed by atoms with van der Waals surface area (Å²) in [7, 11) is 0. The van der Waals surface area contributed by atoms with Crippen LogP contribution < -0.4 is 5.32 Å². The molecule has 2 heteroatoms. The maximum absolute atomic E-state index is 3.64. The maximum atomic E-state index is 3.64. The van der Waals surface area contributed by atoms with Gasteiger partial charge in [-0.3, -0.25) is 0 Å². The molecule has 1 N–H and O–H groups in total. The van der Waals surface area contributed by atoms with Crippen molar-refractivity contribution < 1.29 is 0 Å². The standard InChI is InChI=1S/C18H28BrN/c1-3-10-20-13-16-7-4-14(2)11-17(16)12-15-5-8-18(19)9-6-15/h5-6,8-9,14,16-17,20H,3-4,7,10-13H2,1-2H3. The molecule has 0 heterocycles. The smallest absolute Gasteiger partial charge is 0.0175 e. The van der Waals surface area contributed by atoms with E-state index in [-0.39, 0.29) is 0 Å². The Kier molecular flexibility index (Phi) is 6.57. The molecule has 0 radical (unpaired) electrons. The Morgan fingerprint density at radius 3 is 2.60 bits per heavy atom. The highest BCUT2D eigenvalue weighted by Crippen LogP contribution is 2.35. The number of hydrogen-bond donors (Lipinski definition) is 1. The topological polar surface area (TPSA) is 12.0 Å². The Morgan fingerprint density at radius 1 is 1.15 bits per heavy atom. The van der Waals surface area contributed by atoms with Crippen LogP contribution in [0.5, 0.6) is 0 Å². The Hall–Kier alpha value is -0.340. The van der Waals surface area contributed by atoms with Gasteiger partial charge >= 0.3 is 0 Å². The van der Waals surface area contributed by atoms with E-state index in [0.29, 0.717) is 0 Å². The number of halogens is 1. The Bertz CT molecular complexity index is 387. The third-order valence-electron chi connectivity index (χ3n) is 4.65. The van der Waals surface area contributed by atoms with Crippen molar-refractivity contribution in [3.8, 4) is 0 Å². The van der Waals surface area contributed by atoms with Gasteiger partial charge in [0.05, 0.1) is 0 Å². The summed E-state index contributed by atoms with van der Waals surface area (Å²) in [5, 5.41) is 3.64.